The monoisotopic (exact) mass is 474 g/mol. The van der Waals surface area contributed by atoms with Gasteiger partial charge in [-0.15, -0.1) is 0 Å². The van der Waals surface area contributed by atoms with Gasteiger partial charge in [0, 0.05) is 12.0 Å². The van der Waals surface area contributed by atoms with E-state index in [1.54, 1.807) is 0 Å². The molecule has 0 radical (unpaired) electrons. The minimum Gasteiger partial charge on any atom is -0.480 e. The van der Waals surface area contributed by atoms with Crippen molar-refractivity contribution in [2.75, 3.05) is 6.61 Å². The maximum absolute atomic E-state index is 13.0. The van der Waals surface area contributed by atoms with Crippen LogP contribution in [0.15, 0.2) is 48.5 Å². The van der Waals surface area contributed by atoms with E-state index in [0.29, 0.717) is 18.8 Å². The third-order valence-electron chi connectivity index (χ3n) is 8.40. The molecule has 0 aliphatic heterocycles. The highest BCUT2D eigenvalue weighted by molar-refractivity contribution is 5.90. The summed E-state index contributed by atoms with van der Waals surface area (Å²) in [5.41, 5.74) is 4.15. The standard InChI is InChI=1S/C28H30N2O5/c31-25(32)24(11-16-9-10-16)30-26(33)28-13-17(28)12-18(14-28)29-27(34)35-15-23-21-7-3-1-5-19(21)20-6-2-4-8-22(20)23/h1-8,16-18,23-24H,9-15H2,(H,29,34)(H,30,33)(H,31,32)/t17-,18+,24-,28+/m0/s1. The normalized spacial score (nSPS) is 26.7. The summed E-state index contributed by atoms with van der Waals surface area (Å²) in [6.07, 6.45) is 4.13. The predicted molar refractivity (Wildman–Crippen MR) is 129 cm³/mol. The van der Waals surface area contributed by atoms with Crippen LogP contribution in [0.3, 0.4) is 0 Å². The summed E-state index contributed by atoms with van der Waals surface area (Å²) in [6.45, 7) is 0.253. The zero-order chi connectivity index (χ0) is 24.2. The average Bonchev–Trinajstić information content (AvgIpc) is 3.74. The molecule has 0 heterocycles. The Morgan fingerprint density at radius 3 is 2.29 bits per heavy atom. The summed E-state index contributed by atoms with van der Waals surface area (Å²) in [4.78, 5) is 37.2. The van der Waals surface area contributed by atoms with Crippen LogP contribution in [0.1, 0.15) is 55.6 Å². The molecule has 4 aliphatic carbocycles. The van der Waals surface area contributed by atoms with E-state index in [4.69, 9.17) is 4.74 Å². The fraction of sp³-hybridized carbons (Fsp3) is 0.464. The molecule has 0 unspecified atom stereocenters. The molecule has 3 fully saturated rings. The van der Waals surface area contributed by atoms with Gasteiger partial charge in [-0.2, -0.15) is 0 Å². The molecule has 2 amide bonds. The van der Waals surface area contributed by atoms with Crippen LogP contribution in [0.25, 0.3) is 11.1 Å². The topological polar surface area (TPSA) is 105 Å². The molecule has 0 aromatic heterocycles. The maximum Gasteiger partial charge on any atom is 0.407 e. The highest BCUT2D eigenvalue weighted by Gasteiger charge is 2.65. The summed E-state index contributed by atoms with van der Waals surface area (Å²) < 4.78 is 5.66. The number of rotatable bonds is 8. The van der Waals surface area contributed by atoms with Gasteiger partial charge in [-0.3, -0.25) is 4.79 Å². The van der Waals surface area contributed by atoms with Crippen LogP contribution in [-0.4, -0.2) is 41.8 Å². The zero-order valence-electron chi connectivity index (χ0n) is 19.5. The van der Waals surface area contributed by atoms with Crippen molar-refractivity contribution in [1.29, 1.82) is 0 Å². The molecule has 7 heteroatoms. The third-order valence-corrected chi connectivity index (χ3v) is 8.40. The van der Waals surface area contributed by atoms with E-state index >= 15 is 0 Å². The number of carbonyl (C=O) groups is 3. The number of carbonyl (C=O) groups excluding carboxylic acids is 2. The van der Waals surface area contributed by atoms with Crippen molar-refractivity contribution >= 4 is 18.0 Å². The van der Waals surface area contributed by atoms with E-state index in [0.717, 1.165) is 25.7 Å². The molecule has 0 spiro atoms. The average molecular weight is 475 g/mol. The Bertz CT molecular complexity index is 1150. The lowest BCUT2D eigenvalue weighted by Gasteiger charge is -2.21. The van der Waals surface area contributed by atoms with Crippen molar-refractivity contribution in [1.82, 2.24) is 10.6 Å². The molecule has 0 saturated heterocycles. The summed E-state index contributed by atoms with van der Waals surface area (Å²) >= 11 is 0. The number of fused-ring (bicyclic) bond motifs is 4. The molecule has 4 aliphatic rings. The fourth-order valence-electron chi connectivity index (χ4n) is 6.30. The van der Waals surface area contributed by atoms with E-state index in [9.17, 15) is 19.5 Å². The van der Waals surface area contributed by atoms with E-state index < -0.39 is 23.5 Å². The Morgan fingerprint density at radius 1 is 1.00 bits per heavy atom. The SMILES string of the molecule is O=C(N[C@@H]1C[C@H]2C[C@@]2(C(=O)N[C@@H](CC2CC2)C(=O)O)C1)OCC1c2ccccc2-c2ccccc21. The summed E-state index contributed by atoms with van der Waals surface area (Å²) in [5, 5.41) is 15.2. The Morgan fingerprint density at radius 2 is 1.66 bits per heavy atom. The Kier molecular flexibility index (Phi) is 5.31. The number of benzene rings is 2. The lowest BCUT2D eigenvalue weighted by Crippen LogP contribution is -2.45. The van der Waals surface area contributed by atoms with Crippen LogP contribution >= 0.6 is 0 Å². The van der Waals surface area contributed by atoms with Crippen LogP contribution in [0, 0.1) is 17.3 Å². The number of hydrogen-bond donors (Lipinski definition) is 3. The summed E-state index contributed by atoms with van der Waals surface area (Å²) in [7, 11) is 0. The van der Waals surface area contributed by atoms with Gasteiger partial charge in [0.05, 0.1) is 5.41 Å². The van der Waals surface area contributed by atoms with E-state index in [1.165, 1.54) is 22.3 Å². The van der Waals surface area contributed by atoms with Gasteiger partial charge in [-0.1, -0.05) is 61.4 Å². The maximum atomic E-state index is 13.0. The molecule has 4 atom stereocenters. The number of carboxylic acids is 1. The molecular formula is C28H30N2O5. The van der Waals surface area contributed by atoms with Gasteiger partial charge in [0.15, 0.2) is 0 Å². The molecule has 2 aromatic rings. The quantitative estimate of drug-likeness (QED) is 0.535. The van der Waals surface area contributed by atoms with Crippen molar-refractivity contribution < 1.29 is 24.2 Å². The number of hydrogen-bond acceptors (Lipinski definition) is 4. The second-order valence-electron chi connectivity index (χ2n) is 10.7. The molecule has 35 heavy (non-hydrogen) atoms. The van der Waals surface area contributed by atoms with Crippen molar-refractivity contribution in [2.24, 2.45) is 17.3 Å². The molecule has 7 nitrogen and oxygen atoms in total. The first-order chi connectivity index (χ1) is 16.9. The number of ether oxygens (including phenoxy) is 1. The smallest absolute Gasteiger partial charge is 0.407 e. The molecule has 3 N–H and O–H groups in total. The molecule has 0 bridgehead atoms. The number of nitrogens with one attached hydrogen (secondary N) is 2. The molecule has 2 aromatic carbocycles. The van der Waals surface area contributed by atoms with Crippen molar-refractivity contribution in [2.45, 2.75) is 56.5 Å². The van der Waals surface area contributed by atoms with E-state index in [-0.39, 0.29) is 30.4 Å². The Hall–Kier alpha value is -3.35. The summed E-state index contributed by atoms with van der Waals surface area (Å²) in [6, 6.07) is 15.5. The van der Waals surface area contributed by atoms with Gasteiger partial charge >= 0.3 is 12.1 Å². The Labute approximate surface area is 204 Å². The van der Waals surface area contributed by atoms with Crippen LogP contribution < -0.4 is 10.6 Å². The van der Waals surface area contributed by atoms with Gasteiger partial charge < -0.3 is 20.5 Å². The highest BCUT2D eigenvalue weighted by Crippen LogP contribution is 2.63. The van der Waals surface area contributed by atoms with Crippen LogP contribution in [0.5, 0.6) is 0 Å². The second kappa shape index (κ2) is 8.40. The van der Waals surface area contributed by atoms with Gasteiger partial charge in [0.25, 0.3) is 0 Å². The van der Waals surface area contributed by atoms with Crippen LogP contribution in [0.4, 0.5) is 4.79 Å². The minimum atomic E-state index is -0.967. The third kappa shape index (κ3) is 4.07. The zero-order valence-corrected chi connectivity index (χ0v) is 19.5. The van der Waals surface area contributed by atoms with Crippen molar-refractivity contribution in [3.63, 3.8) is 0 Å². The minimum absolute atomic E-state index is 0.00155. The lowest BCUT2D eigenvalue weighted by atomic mass is 9.98. The first-order valence-corrected chi connectivity index (χ1v) is 12.6. The van der Waals surface area contributed by atoms with Gasteiger partial charge in [-0.25, -0.2) is 9.59 Å². The first kappa shape index (κ1) is 22.1. The molecule has 182 valence electrons. The fourth-order valence-corrected chi connectivity index (χ4v) is 6.30. The number of amides is 2. The second-order valence-corrected chi connectivity index (χ2v) is 10.7. The van der Waals surface area contributed by atoms with E-state index in [2.05, 4.69) is 34.9 Å². The first-order valence-electron chi connectivity index (χ1n) is 12.6. The van der Waals surface area contributed by atoms with Crippen LogP contribution in [0.2, 0.25) is 0 Å². The number of carboxylic acid groups (broad SMARTS) is 1. The van der Waals surface area contributed by atoms with Crippen molar-refractivity contribution in [3.8, 4) is 11.1 Å². The van der Waals surface area contributed by atoms with E-state index in [1.807, 2.05) is 24.3 Å². The lowest BCUT2D eigenvalue weighted by molar-refractivity contribution is -0.143. The Balaban J connectivity index is 1.04. The van der Waals surface area contributed by atoms with Crippen molar-refractivity contribution in [3.05, 3.63) is 59.7 Å². The van der Waals surface area contributed by atoms with Gasteiger partial charge in [0.1, 0.15) is 12.6 Å². The molecule has 6 rings (SSSR count). The van der Waals surface area contributed by atoms with Crippen LogP contribution in [-0.2, 0) is 14.3 Å². The largest absolute Gasteiger partial charge is 0.480 e. The molecule has 3 saturated carbocycles. The van der Waals surface area contributed by atoms with Gasteiger partial charge in [0.2, 0.25) is 5.91 Å². The predicted octanol–water partition coefficient (Wildman–Crippen LogP) is 4.06. The number of alkyl carbamates (subject to hydrolysis) is 1. The highest BCUT2D eigenvalue weighted by atomic mass is 16.5. The number of aliphatic carboxylic acids is 1. The summed E-state index contributed by atoms with van der Waals surface area (Å²) in [5.74, 6) is -0.536. The molecular weight excluding hydrogens is 444 g/mol. The van der Waals surface area contributed by atoms with Gasteiger partial charge in [-0.05, 0) is 59.8 Å².